The predicted octanol–water partition coefficient (Wildman–Crippen LogP) is 4.91. The highest BCUT2D eigenvalue weighted by molar-refractivity contribution is 5.67. The molecule has 1 aliphatic rings. The van der Waals surface area contributed by atoms with Gasteiger partial charge in [0, 0.05) is 11.3 Å². The highest BCUT2D eigenvalue weighted by Crippen LogP contribution is 2.38. The molecule has 0 saturated heterocycles. The van der Waals surface area contributed by atoms with E-state index in [9.17, 15) is 9.50 Å². The summed E-state index contributed by atoms with van der Waals surface area (Å²) in [5.41, 5.74) is 3.25. The van der Waals surface area contributed by atoms with E-state index in [0.29, 0.717) is 17.9 Å². The van der Waals surface area contributed by atoms with Gasteiger partial charge in [0.25, 0.3) is 0 Å². The van der Waals surface area contributed by atoms with E-state index >= 15 is 0 Å². The van der Waals surface area contributed by atoms with Crippen LogP contribution in [0, 0.1) is 5.82 Å². The maximum Gasteiger partial charge on any atom is 0.162 e. The van der Waals surface area contributed by atoms with Gasteiger partial charge >= 0.3 is 0 Å². The number of ether oxygens (including phenoxy) is 2. The smallest absolute Gasteiger partial charge is 0.162 e. The first kappa shape index (κ1) is 20.8. The van der Waals surface area contributed by atoms with Crippen molar-refractivity contribution in [2.45, 2.75) is 19.1 Å². The number of para-hydroxylation sites is 1. The zero-order valence-electron chi connectivity index (χ0n) is 17.4. The van der Waals surface area contributed by atoms with Crippen LogP contribution in [0.2, 0.25) is 0 Å². The Hall–Kier alpha value is -3.51. The molecule has 3 aromatic rings. The molecule has 0 bridgehead atoms. The van der Waals surface area contributed by atoms with Crippen molar-refractivity contribution in [1.82, 2.24) is 10.6 Å². The van der Waals surface area contributed by atoms with E-state index in [-0.39, 0.29) is 23.8 Å². The van der Waals surface area contributed by atoms with Gasteiger partial charge in [0.05, 0.1) is 19.8 Å². The number of methoxy groups -OCH3 is 1. The van der Waals surface area contributed by atoms with Crippen LogP contribution in [0.15, 0.2) is 72.8 Å². The van der Waals surface area contributed by atoms with E-state index in [0.717, 1.165) is 22.6 Å². The molecule has 2 atom stereocenters. The van der Waals surface area contributed by atoms with Gasteiger partial charge in [0.15, 0.2) is 11.5 Å². The molecule has 160 valence electrons. The number of phenols is 1. The Kier molecular flexibility index (Phi) is 6.09. The van der Waals surface area contributed by atoms with Crippen LogP contribution in [0.25, 0.3) is 5.70 Å². The average Bonchev–Trinajstić information content (AvgIpc) is 2.80. The van der Waals surface area contributed by atoms with E-state index in [1.165, 1.54) is 12.1 Å². The van der Waals surface area contributed by atoms with Gasteiger partial charge in [-0.3, -0.25) is 5.32 Å². The first-order chi connectivity index (χ1) is 15.1. The minimum atomic E-state index is -0.363. The monoisotopic (exact) mass is 420 g/mol. The van der Waals surface area contributed by atoms with Crippen molar-refractivity contribution in [2.24, 2.45) is 0 Å². The van der Waals surface area contributed by atoms with Crippen molar-refractivity contribution in [3.8, 4) is 17.2 Å². The van der Waals surface area contributed by atoms with Crippen LogP contribution in [0.5, 0.6) is 17.2 Å². The minimum absolute atomic E-state index is 0.0899. The molecule has 3 N–H and O–H groups in total. The molecule has 4 rings (SSSR count). The largest absolute Gasteiger partial charge is 0.504 e. The fourth-order valence-corrected chi connectivity index (χ4v) is 3.70. The van der Waals surface area contributed by atoms with Crippen LogP contribution >= 0.6 is 0 Å². The Morgan fingerprint density at radius 3 is 2.52 bits per heavy atom. The summed E-state index contributed by atoms with van der Waals surface area (Å²) < 4.78 is 24.7. The molecule has 0 amide bonds. The van der Waals surface area contributed by atoms with Crippen molar-refractivity contribution >= 4 is 5.70 Å². The molecular formula is C25H25FN2O3. The number of benzene rings is 3. The fourth-order valence-electron chi connectivity index (χ4n) is 3.70. The SMILES string of the molecule is CCOc1cccc(C2C=C(c3ccc(OC)cc3)NC(c3cccc(F)c3)N2)c1O. The van der Waals surface area contributed by atoms with Crippen LogP contribution < -0.4 is 20.1 Å². The number of nitrogens with one attached hydrogen (secondary N) is 2. The quantitative estimate of drug-likeness (QED) is 0.529. The van der Waals surface area contributed by atoms with Crippen molar-refractivity contribution in [3.63, 3.8) is 0 Å². The normalized spacial score (nSPS) is 18.1. The van der Waals surface area contributed by atoms with Crippen molar-refractivity contribution < 1.29 is 19.0 Å². The molecule has 0 spiro atoms. The van der Waals surface area contributed by atoms with Crippen molar-refractivity contribution in [1.29, 1.82) is 0 Å². The average molecular weight is 420 g/mol. The van der Waals surface area contributed by atoms with Crippen molar-refractivity contribution in [3.05, 3.63) is 95.3 Å². The van der Waals surface area contributed by atoms with Crippen LogP contribution in [0.3, 0.4) is 0 Å². The van der Waals surface area contributed by atoms with Gasteiger partial charge < -0.3 is 19.9 Å². The number of halogens is 1. The Bertz CT molecular complexity index is 1080. The third kappa shape index (κ3) is 4.49. The van der Waals surface area contributed by atoms with Crippen LogP contribution in [-0.4, -0.2) is 18.8 Å². The highest BCUT2D eigenvalue weighted by Gasteiger charge is 2.26. The molecule has 31 heavy (non-hydrogen) atoms. The van der Waals surface area contributed by atoms with Crippen molar-refractivity contribution in [2.75, 3.05) is 13.7 Å². The van der Waals surface area contributed by atoms with Gasteiger partial charge in [0.1, 0.15) is 17.7 Å². The number of hydrogen-bond donors (Lipinski definition) is 3. The molecule has 0 fully saturated rings. The van der Waals surface area contributed by atoms with Gasteiger partial charge in [-0.05, 0) is 66.6 Å². The van der Waals surface area contributed by atoms with Crippen LogP contribution in [-0.2, 0) is 0 Å². The van der Waals surface area contributed by atoms with Crippen LogP contribution in [0.4, 0.5) is 4.39 Å². The lowest BCUT2D eigenvalue weighted by atomic mass is 9.97. The standard InChI is InChI=1S/C25H25FN2O3/c1-3-31-23-9-5-8-20(24(23)29)22-15-21(16-10-12-19(30-2)13-11-16)27-25(28-22)17-6-4-7-18(26)14-17/h4-15,22,25,27-29H,3H2,1-2H3. The molecule has 5 nitrogen and oxygen atoms in total. The summed E-state index contributed by atoms with van der Waals surface area (Å²) >= 11 is 0. The summed E-state index contributed by atoms with van der Waals surface area (Å²) in [5, 5.41) is 17.7. The maximum absolute atomic E-state index is 13.9. The molecule has 0 aromatic heterocycles. The summed E-state index contributed by atoms with van der Waals surface area (Å²) in [4.78, 5) is 0. The van der Waals surface area contributed by atoms with E-state index in [1.54, 1.807) is 19.2 Å². The lowest BCUT2D eigenvalue weighted by molar-refractivity contribution is 0.314. The van der Waals surface area contributed by atoms with E-state index in [4.69, 9.17) is 9.47 Å². The lowest BCUT2D eigenvalue weighted by Crippen LogP contribution is -2.39. The molecule has 6 heteroatoms. The number of rotatable bonds is 6. The molecule has 0 saturated carbocycles. The van der Waals surface area contributed by atoms with Gasteiger partial charge in [-0.25, -0.2) is 4.39 Å². The fraction of sp³-hybridized carbons (Fsp3) is 0.200. The summed E-state index contributed by atoms with van der Waals surface area (Å²) in [6.07, 6.45) is 1.64. The highest BCUT2D eigenvalue weighted by atomic mass is 19.1. The number of hydrogen-bond acceptors (Lipinski definition) is 5. The second kappa shape index (κ2) is 9.10. The van der Waals surface area contributed by atoms with E-state index in [1.807, 2.05) is 55.5 Å². The minimum Gasteiger partial charge on any atom is -0.504 e. The summed E-state index contributed by atoms with van der Waals surface area (Å²) in [7, 11) is 1.63. The Morgan fingerprint density at radius 1 is 1.03 bits per heavy atom. The topological polar surface area (TPSA) is 62.8 Å². The zero-order chi connectivity index (χ0) is 21.8. The molecule has 0 radical (unpaired) electrons. The van der Waals surface area contributed by atoms with Gasteiger partial charge in [-0.1, -0.05) is 24.3 Å². The Morgan fingerprint density at radius 2 is 1.81 bits per heavy atom. The number of phenolic OH excluding ortho intramolecular Hbond substituents is 1. The molecule has 0 aliphatic carbocycles. The summed E-state index contributed by atoms with van der Waals surface area (Å²) in [6.45, 7) is 2.33. The van der Waals surface area contributed by atoms with Crippen LogP contribution in [0.1, 0.15) is 35.8 Å². The predicted molar refractivity (Wildman–Crippen MR) is 118 cm³/mol. The van der Waals surface area contributed by atoms with E-state index < -0.39 is 0 Å². The molecule has 1 heterocycles. The second-order valence-electron chi connectivity index (χ2n) is 7.21. The lowest BCUT2D eigenvalue weighted by Gasteiger charge is -2.33. The first-order valence-corrected chi connectivity index (χ1v) is 10.2. The van der Waals surface area contributed by atoms with Gasteiger partial charge in [-0.15, -0.1) is 0 Å². The Labute approximate surface area is 181 Å². The van der Waals surface area contributed by atoms with Gasteiger partial charge in [-0.2, -0.15) is 0 Å². The second-order valence-corrected chi connectivity index (χ2v) is 7.21. The molecular weight excluding hydrogens is 395 g/mol. The molecule has 3 aromatic carbocycles. The Balaban J connectivity index is 1.76. The third-order valence-corrected chi connectivity index (χ3v) is 5.23. The number of aromatic hydroxyl groups is 1. The third-order valence-electron chi connectivity index (χ3n) is 5.23. The molecule has 1 aliphatic heterocycles. The maximum atomic E-state index is 13.9. The summed E-state index contributed by atoms with van der Waals surface area (Å²) in [5.74, 6) is 0.979. The first-order valence-electron chi connectivity index (χ1n) is 10.2. The zero-order valence-corrected chi connectivity index (χ0v) is 17.4. The van der Waals surface area contributed by atoms with E-state index in [2.05, 4.69) is 10.6 Å². The molecule has 2 unspecified atom stereocenters. The van der Waals surface area contributed by atoms with Gasteiger partial charge in [0.2, 0.25) is 0 Å². The summed E-state index contributed by atoms with van der Waals surface area (Å²) in [6, 6.07) is 19.3.